The summed E-state index contributed by atoms with van der Waals surface area (Å²) < 4.78 is 18.1. The van der Waals surface area contributed by atoms with Crippen molar-refractivity contribution < 1.29 is 8.95 Å². The van der Waals surface area contributed by atoms with E-state index in [2.05, 4.69) is 23.3 Å². The summed E-state index contributed by atoms with van der Waals surface area (Å²) >= 11 is 0. The van der Waals surface area contributed by atoms with Gasteiger partial charge in [0.15, 0.2) is 6.19 Å². The van der Waals surface area contributed by atoms with Gasteiger partial charge in [0.05, 0.1) is 23.6 Å². The lowest BCUT2D eigenvalue weighted by atomic mass is 9.90. The third-order valence-electron chi connectivity index (χ3n) is 7.06. The number of ether oxygens (including phenoxy) is 1. The van der Waals surface area contributed by atoms with E-state index in [1.54, 1.807) is 7.11 Å². The Bertz CT molecular complexity index is 967. The van der Waals surface area contributed by atoms with Crippen molar-refractivity contribution in [1.29, 1.82) is 5.26 Å². The minimum Gasteiger partial charge on any atom is -0.497 e. The van der Waals surface area contributed by atoms with Gasteiger partial charge in [-0.1, -0.05) is 6.92 Å². The highest BCUT2D eigenvalue weighted by Crippen LogP contribution is 2.31. The van der Waals surface area contributed by atoms with E-state index in [1.807, 2.05) is 53.4 Å². The van der Waals surface area contributed by atoms with Crippen molar-refractivity contribution in [3.05, 3.63) is 48.5 Å². The van der Waals surface area contributed by atoms with E-state index in [4.69, 9.17) is 4.74 Å². The Morgan fingerprint density at radius 3 is 2.30 bits per heavy atom. The van der Waals surface area contributed by atoms with E-state index < -0.39 is 10.8 Å². The minimum atomic E-state index is -1.27. The molecular weight excluding hydrogens is 432 g/mol. The Morgan fingerprint density at radius 2 is 1.73 bits per heavy atom. The van der Waals surface area contributed by atoms with Gasteiger partial charge in [0, 0.05) is 34.5 Å². The number of benzene rings is 2. The quantitative estimate of drug-likeness (QED) is 0.489. The largest absolute Gasteiger partial charge is 0.497 e. The molecule has 2 heterocycles. The average molecular weight is 467 g/mol. The highest BCUT2D eigenvalue weighted by Gasteiger charge is 2.35. The zero-order valence-electron chi connectivity index (χ0n) is 19.6. The minimum absolute atomic E-state index is 0.204. The van der Waals surface area contributed by atoms with Crippen LogP contribution >= 0.6 is 0 Å². The third kappa shape index (κ3) is 5.40. The molecule has 3 atom stereocenters. The Labute approximate surface area is 200 Å². The average Bonchev–Trinajstić information content (AvgIpc) is 2.89. The summed E-state index contributed by atoms with van der Waals surface area (Å²) in [6.07, 6.45) is 7.98. The monoisotopic (exact) mass is 466 g/mol. The summed E-state index contributed by atoms with van der Waals surface area (Å²) in [5.74, 6) is 0.743. The maximum Gasteiger partial charge on any atom is 0.184 e. The number of methoxy groups -OCH3 is 1. The zero-order chi connectivity index (χ0) is 23.2. The first-order valence-electron chi connectivity index (χ1n) is 12.0. The highest BCUT2D eigenvalue weighted by molar-refractivity contribution is 7.85. The number of nitrogens with one attached hydrogen (secondary N) is 1. The second-order valence-corrected chi connectivity index (χ2v) is 10.3. The fourth-order valence-electron chi connectivity index (χ4n) is 5.22. The van der Waals surface area contributed by atoms with E-state index in [-0.39, 0.29) is 6.04 Å². The Kier molecular flexibility index (Phi) is 8.02. The molecule has 0 radical (unpaired) electrons. The molecule has 1 N–H and O–H groups in total. The lowest BCUT2D eigenvalue weighted by Crippen LogP contribution is -2.54. The molecule has 6 nitrogen and oxygen atoms in total. The predicted molar refractivity (Wildman–Crippen MR) is 132 cm³/mol. The predicted octanol–water partition coefficient (Wildman–Crippen LogP) is 4.14. The Hall–Kier alpha value is -2.40. The van der Waals surface area contributed by atoms with E-state index >= 15 is 0 Å². The van der Waals surface area contributed by atoms with Crippen LogP contribution in [-0.4, -0.2) is 54.0 Å². The second kappa shape index (κ2) is 11.1. The number of hydrogen-bond acceptors (Lipinski definition) is 6. The fourth-order valence-corrected chi connectivity index (χ4v) is 6.26. The number of piperidine rings is 2. The van der Waals surface area contributed by atoms with Crippen molar-refractivity contribution in [2.75, 3.05) is 31.6 Å². The molecule has 2 aromatic rings. The first-order chi connectivity index (χ1) is 16.1. The number of likely N-dealkylation sites (tertiary alicyclic amines) is 1. The fraction of sp³-hybridized carbons (Fsp3) is 0.500. The zero-order valence-corrected chi connectivity index (χ0v) is 20.4. The molecule has 0 saturated carbocycles. The molecule has 7 heteroatoms. The van der Waals surface area contributed by atoms with Gasteiger partial charge in [-0.3, -0.25) is 9.80 Å². The van der Waals surface area contributed by atoms with Crippen molar-refractivity contribution in [3.8, 4) is 11.9 Å². The first kappa shape index (κ1) is 23.7. The summed E-state index contributed by atoms with van der Waals surface area (Å²) in [7, 11) is 0.348. The first-order valence-corrected chi connectivity index (χ1v) is 13.1. The van der Waals surface area contributed by atoms with Crippen molar-refractivity contribution in [3.63, 3.8) is 0 Å². The van der Waals surface area contributed by atoms with Crippen molar-refractivity contribution in [2.45, 2.75) is 66.9 Å². The third-order valence-corrected chi connectivity index (χ3v) is 8.46. The van der Waals surface area contributed by atoms with Crippen LogP contribution in [0.4, 0.5) is 5.69 Å². The van der Waals surface area contributed by atoms with E-state index in [0.717, 1.165) is 60.1 Å². The molecule has 3 unspecified atom stereocenters. The van der Waals surface area contributed by atoms with Crippen LogP contribution in [0.15, 0.2) is 58.3 Å². The van der Waals surface area contributed by atoms with Crippen LogP contribution < -0.4 is 15.0 Å². The lowest BCUT2D eigenvalue weighted by molar-refractivity contribution is 0.0664. The summed E-state index contributed by atoms with van der Waals surface area (Å²) in [4.78, 5) is 6.03. The smallest absolute Gasteiger partial charge is 0.184 e. The molecule has 0 aliphatic carbocycles. The van der Waals surface area contributed by atoms with Crippen LogP contribution in [0.3, 0.4) is 0 Å². The van der Waals surface area contributed by atoms with Gasteiger partial charge < -0.3 is 10.1 Å². The Balaban J connectivity index is 1.44. The molecule has 0 amide bonds. The van der Waals surface area contributed by atoms with E-state index in [9.17, 15) is 9.47 Å². The number of hydrogen-bond donors (Lipinski definition) is 1. The van der Waals surface area contributed by atoms with Crippen molar-refractivity contribution in [1.82, 2.24) is 10.2 Å². The maximum absolute atomic E-state index is 12.9. The molecule has 176 valence electrons. The molecule has 2 aromatic carbocycles. The van der Waals surface area contributed by atoms with Gasteiger partial charge in [-0.15, -0.1) is 0 Å². The van der Waals surface area contributed by atoms with Gasteiger partial charge in [0.25, 0.3) is 0 Å². The van der Waals surface area contributed by atoms with Gasteiger partial charge in [-0.2, -0.15) is 5.26 Å². The van der Waals surface area contributed by atoms with Crippen LogP contribution in [0.25, 0.3) is 0 Å². The summed E-state index contributed by atoms with van der Waals surface area (Å²) in [6.45, 7) is 5.53. The van der Waals surface area contributed by atoms with Gasteiger partial charge in [0.1, 0.15) is 5.75 Å². The van der Waals surface area contributed by atoms with Crippen LogP contribution in [-0.2, 0) is 10.8 Å². The van der Waals surface area contributed by atoms with Gasteiger partial charge in [-0.25, -0.2) is 4.21 Å². The molecular formula is C26H34N4O2S. The molecule has 33 heavy (non-hydrogen) atoms. The van der Waals surface area contributed by atoms with Crippen molar-refractivity contribution >= 4 is 16.5 Å². The molecule has 4 rings (SSSR count). The standard InChI is InChI=1S/C26H34N4O2S/c1-3-20-18-23(14-17-29(20)22-12-15-28-16-13-22)30(19-27)21-4-8-25(9-5-21)33(31)26-10-6-24(32-2)7-11-26/h4-11,20,22-23,28H,3,12-18H2,1-2H3. The number of anilines is 1. The summed E-state index contributed by atoms with van der Waals surface area (Å²) in [6, 6.07) is 16.3. The molecule has 0 bridgehead atoms. The van der Waals surface area contributed by atoms with Crippen LogP contribution in [0.1, 0.15) is 39.0 Å². The topological polar surface area (TPSA) is 68.6 Å². The highest BCUT2D eigenvalue weighted by atomic mass is 32.2. The van der Waals surface area contributed by atoms with E-state index in [0.29, 0.717) is 12.1 Å². The lowest BCUT2D eigenvalue weighted by Gasteiger charge is -2.46. The molecule has 2 saturated heterocycles. The Morgan fingerprint density at radius 1 is 1.09 bits per heavy atom. The molecule has 2 fully saturated rings. The van der Waals surface area contributed by atoms with Crippen LogP contribution in [0.5, 0.6) is 5.75 Å². The maximum atomic E-state index is 12.9. The molecule has 2 aliphatic rings. The number of nitriles is 1. The van der Waals surface area contributed by atoms with Crippen molar-refractivity contribution in [2.24, 2.45) is 0 Å². The van der Waals surface area contributed by atoms with Crippen LogP contribution in [0, 0.1) is 11.5 Å². The molecule has 0 spiro atoms. The van der Waals surface area contributed by atoms with Gasteiger partial charge in [0.2, 0.25) is 0 Å². The van der Waals surface area contributed by atoms with Gasteiger partial charge >= 0.3 is 0 Å². The number of nitrogens with zero attached hydrogens (tertiary/aromatic N) is 3. The second-order valence-electron chi connectivity index (χ2n) is 8.87. The number of rotatable bonds is 7. The normalized spacial score (nSPS) is 22.9. The summed E-state index contributed by atoms with van der Waals surface area (Å²) in [5, 5.41) is 13.5. The SMILES string of the molecule is CCC1CC(N(C#N)c2ccc(S(=O)c3ccc(OC)cc3)cc2)CCN1C1CCNCC1. The molecule has 0 aromatic heterocycles. The van der Waals surface area contributed by atoms with E-state index in [1.165, 1.54) is 12.8 Å². The van der Waals surface area contributed by atoms with Gasteiger partial charge in [-0.05, 0) is 93.7 Å². The van der Waals surface area contributed by atoms with Crippen LogP contribution in [0.2, 0.25) is 0 Å². The molecule has 2 aliphatic heterocycles. The summed E-state index contributed by atoms with van der Waals surface area (Å²) in [5.41, 5.74) is 0.878.